The monoisotopic (exact) mass is 508 g/mol. The van der Waals surface area contributed by atoms with Crippen LogP contribution in [0.3, 0.4) is 0 Å². The number of aliphatic hydroxyl groups excluding tert-OH is 1. The van der Waals surface area contributed by atoms with E-state index in [1.807, 2.05) is 13.8 Å². The molecule has 9 heteroatoms. The Morgan fingerprint density at radius 1 is 1.32 bits per heavy atom. The van der Waals surface area contributed by atoms with Gasteiger partial charge in [-0.05, 0) is 49.4 Å². The van der Waals surface area contributed by atoms with Crippen LogP contribution in [0.25, 0.3) is 0 Å². The van der Waals surface area contributed by atoms with E-state index in [0.717, 1.165) is 12.8 Å². The quantitative estimate of drug-likeness (QED) is 0.521. The van der Waals surface area contributed by atoms with Gasteiger partial charge in [-0.15, -0.1) is 11.8 Å². The number of thioether (sulfide) groups is 1. The van der Waals surface area contributed by atoms with Crippen LogP contribution in [-0.4, -0.2) is 63.1 Å². The molecule has 3 aliphatic rings. The van der Waals surface area contributed by atoms with E-state index in [1.54, 1.807) is 47.9 Å². The predicted octanol–water partition coefficient (Wildman–Crippen LogP) is 3.59. The first kappa shape index (κ1) is 25.3. The molecule has 8 atom stereocenters. The molecule has 2 bridgehead atoms. The summed E-state index contributed by atoms with van der Waals surface area (Å²) in [6.45, 7) is 7.79. The van der Waals surface area contributed by atoms with Crippen LogP contribution in [0.5, 0.6) is 0 Å². The molecule has 0 aliphatic carbocycles. The van der Waals surface area contributed by atoms with Gasteiger partial charge >= 0.3 is 5.97 Å². The van der Waals surface area contributed by atoms with Crippen LogP contribution in [0.4, 0.5) is 5.69 Å². The number of anilines is 1. The van der Waals surface area contributed by atoms with Crippen molar-refractivity contribution >= 4 is 46.8 Å². The fraction of sp³-hybridized carbons (Fsp3) is 0.640. The van der Waals surface area contributed by atoms with Crippen molar-refractivity contribution in [2.45, 2.75) is 62.6 Å². The van der Waals surface area contributed by atoms with E-state index in [0.29, 0.717) is 10.7 Å². The summed E-state index contributed by atoms with van der Waals surface area (Å²) in [5.41, 5.74) is 0.581. The van der Waals surface area contributed by atoms with Gasteiger partial charge in [0.05, 0.1) is 35.8 Å². The Balaban J connectivity index is 1.79. The van der Waals surface area contributed by atoms with Crippen LogP contribution < -0.4 is 5.32 Å². The van der Waals surface area contributed by atoms with E-state index in [-0.39, 0.29) is 48.1 Å². The smallest absolute Gasteiger partial charge is 0.310 e. The molecule has 186 valence electrons. The number of carbonyl (C=O) groups excluding carboxylic acids is 3. The number of hydrogen-bond acceptors (Lipinski definition) is 6. The number of halogens is 1. The zero-order valence-electron chi connectivity index (χ0n) is 20.0. The van der Waals surface area contributed by atoms with Crippen LogP contribution in [0.2, 0.25) is 5.02 Å². The fourth-order valence-electron chi connectivity index (χ4n) is 6.18. The van der Waals surface area contributed by atoms with Crippen molar-refractivity contribution < 1.29 is 24.2 Å². The van der Waals surface area contributed by atoms with E-state index in [1.165, 1.54) is 0 Å². The zero-order chi connectivity index (χ0) is 24.8. The van der Waals surface area contributed by atoms with Crippen molar-refractivity contribution in [2.75, 3.05) is 18.5 Å². The van der Waals surface area contributed by atoms with Crippen LogP contribution >= 0.6 is 23.4 Å². The number of likely N-dealkylation sites (tertiary alicyclic amines) is 1. The lowest BCUT2D eigenvalue weighted by Crippen LogP contribution is -2.58. The number of esters is 1. The van der Waals surface area contributed by atoms with Gasteiger partial charge in [0.2, 0.25) is 11.8 Å². The Morgan fingerprint density at radius 3 is 2.59 bits per heavy atom. The topological polar surface area (TPSA) is 95.9 Å². The molecule has 2 amide bonds. The first-order valence-corrected chi connectivity index (χ1v) is 13.3. The number of nitrogens with one attached hydrogen (secondary N) is 1. The highest BCUT2D eigenvalue weighted by atomic mass is 35.5. The maximum atomic E-state index is 14.1. The van der Waals surface area contributed by atoms with Crippen molar-refractivity contribution in [1.29, 1.82) is 0 Å². The Kier molecular flexibility index (Phi) is 7.23. The fourth-order valence-corrected chi connectivity index (χ4v) is 8.70. The largest absolute Gasteiger partial charge is 0.466 e. The lowest BCUT2D eigenvalue weighted by atomic mass is 9.66. The van der Waals surface area contributed by atoms with E-state index in [9.17, 15) is 19.5 Å². The number of amides is 2. The molecule has 7 nitrogen and oxygen atoms in total. The number of fused-ring (bicyclic) bond motifs is 1. The molecule has 0 radical (unpaired) electrons. The maximum absolute atomic E-state index is 14.1. The van der Waals surface area contributed by atoms with Crippen LogP contribution in [0, 0.1) is 23.7 Å². The van der Waals surface area contributed by atoms with Crippen molar-refractivity contribution in [3.63, 3.8) is 0 Å². The molecule has 1 aromatic carbocycles. The van der Waals surface area contributed by atoms with Gasteiger partial charge in [-0.25, -0.2) is 0 Å². The van der Waals surface area contributed by atoms with E-state index < -0.39 is 28.7 Å². The Bertz CT molecular complexity index is 959. The molecular formula is C25H33ClN2O5S. The summed E-state index contributed by atoms with van der Waals surface area (Å²) in [4.78, 5) is 42.6. The number of carbonyl (C=O) groups is 3. The summed E-state index contributed by atoms with van der Waals surface area (Å²) in [5.74, 6) is -2.10. The minimum atomic E-state index is -0.809. The van der Waals surface area contributed by atoms with Gasteiger partial charge in [-0.3, -0.25) is 14.4 Å². The minimum Gasteiger partial charge on any atom is -0.466 e. The summed E-state index contributed by atoms with van der Waals surface area (Å²) in [5, 5.41) is 13.8. The van der Waals surface area contributed by atoms with Crippen LogP contribution in [-0.2, 0) is 19.1 Å². The standard InChI is InChI=1S/C25H33ClN2O5S/c1-5-13(3)17(12-29)28-21(22(30)27-16-9-7-15(26)8-10-16)25-14(4)11-18(34-25)19(20(25)23(28)31)24(32)33-6-2/h7-10,13-14,17-21,29H,5-6,11-12H2,1-4H3,(H,27,30)/t13-,14?,17-,18+,19-,20-,21?,25?/m0/s1. The summed E-state index contributed by atoms with van der Waals surface area (Å²) in [6.07, 6.45) is 1.48. The van der Waals surface area contributed by atoms with E-state index in [2.05, 4.69) is 12.2 Å². The van der Waals surface area contributed by atoms with E-state index >= 15 is 0 Å². The summed E-state index contributed by atoms with van der Waals surface area (Å²) >= 11 is 7.60. The summed E-state index contributed by atoms with van der Waals surface area (Å²) in [7, 11) is 0. The van der Waals surface area contributed by atoms with Gasteiger partial charge < -0.3 is 20.1 Å². The lowest BCUT2D eigenvalue weighted by Gasteiger charge is -2.41. The van der Waals surface area contributed by atoms with Crippen LogP contribution in [0.15, 0.2) is 24.3 Å². The van der Waals surface area contributed by atoms with Gasteiger partial charge in [0, 0.05) is 16.0 Å². The highest BCUT2D eigenvalue weighted by molar-refractivity contribution is 8.02. The van der Waals surface area contributed by atoms with Gasteiger partial charge in [0.1, 0.15) is 6.04 Å². The molecule has 3 fully saturated rings. The average molecular weight is 509 g/mol. The van der Waals surface area contributed by atoms with Crippen molar-refractivity contribution in [3.05, 3.63) is 29.3 Å². The molecule has 3 heterocycles. The van der Waals surface area contributed by atoms with Gasteiger partial charge in [0.15, 0.2) is 0 Å². The number of benzene rings is 1. The molecule has 3 saturated heterocycles. The van der Waals surface area contributed by atoms with Gasteiger partial charge in [0.25, 0.3) is 0 Å². The Morgan fingerprint density at radius 2 is 2.00 bits per heavy atom. The van der Waals surface area contributed by atoms with Crippen molar-refractivity contribution in [1.82, 2.24) is 4.90 Å². The second-order valence-electron chi connectivity index (χ2n) is 9.68. The minimum absolute atomic E-state index is 0.0199. The Hall–Kier alpha value is -1.77. The summed E-state index contributed by atoms with van der Waals surface area (Å²) in [6, 6.07) is 5.50. The third-order valence-corrected chi connectivity index (χ3v) is 10.3. The third kappa shape index (κ3) is 3.82. The number of ether oxygens (including phenoxy) is 1. The first-order chi connectivity index (χ1) is 16.2. The molecule has 0 saturated carbocycles. The van der Waals surface area contributed by atoms with Gasteiger partial charge in [-0.1, -0.05) is 38.8 Å². The van der Waals surface area contributed by atoms with E-state index in [4.69, 9.17) is 16.3 Å². The number of nitrogens with zero attached hydrogens (tertiary/aromatic N) is 1. The average Bonchev–Trinajstić information content (AvgIpc) is 3.40. The van der Waals surface area contributed by atoms with Crippen molar-refractivity contribution in [3.8, 4) is 0 Å². The van der Waals surface area contributed by atoms with Gasteiger partial charge in [-0.2, -0.15) is 0 Å². The lowest BCUT2D eigenvalue weighted by molar-refractivity contribution is -0.154. The molecule has 0 aromatic heterocycles. The second-order valence-corrected chi connectivity index (χ2v) is 11.7. The normalized spacial score (nSPS) is 33.5. The highest BCUT2D eigenvalue weighted by Crippen LogP contribution is 2.69. The second kappa shape index (κ2) is 9.70. The van der Waals surface area contributed by atoms with Crippen LogP contribution in [0.1, 0.15) is 40.5 Å². The molecule has 2 N–H and O–H groups in total. The highest BCUT2D eigenvalue weighted by Gasteiger charge is 2.77. The SMILES string of the molecule is CCOC(=O)[C@@H]1[C@H]2C(=O)N([C@@H](CO)[C@@H](C)CC)C(C(=O)Nc3ccc(Cl)cc3)C23S[C@@H]1CC3C. The molecule has 1 aromatic rings. The molecular weight excluding hydrogens is 476 g/mol. The maximum Gasteiger partial charge on any atom is 0.310 e. The molecule has 4 rings (SSSR count). The number of rotatable bonds is 8. The first-order valence-electron chi connectivity index (χ1n) is 12.0. The molecule has 34 heavy (non-hydrogen) atoms. The van der Waals surface area contributed by atoms with Crippen molar-refractivity contribution in [2.24, 2.45) is 23.7 Å². The summed E-state index contributed by atoms with van der Waals surface area (Å²) < 4.78 is 4.62. The predicted molar refractivity (Wildman–Crippen MR) is 133 cm³/mol. The number of hydrogen-bond donors (Lipinski definition) is 2. The zero-order valence-corrected chi connectivity index (χ0v) is 21.6. The third-order valence-electron chi connectivity index (χ3n) is 7.95. The molecule has 3 unspecified atom stereocenters. The number of aliphatic hydroxyl groups is 1. The Labute approximate surface area is 209 Å². The molecule has 1 spiro atoms. The molecule has 3 aliphatic heterocycles.